The van der Waals surface area contributed by atoms with E-state index in [9.17, 15) is 23.1 Å². The van der Waals surface area contributed by atoms with Crippen LogP contribution in [0.15, 0.2) is 42.6 Å². The number of primary amides is 1. The van der Waals surface area contributed by atoms with Crippen LogP contribution in [0, 0.1) is 5.92 Å². The van der Waals surface area contributed by atoms with Crippen LogP contribution in [0.25, 0.3) is 33.5 Å². The number of ether oxygens (including phenoxy) is 2. The number of imidazole rings is 1. The SMILES string of the molecule is Cn1c(-c2ccc(C(N)=O)cc2OC(F)(F)F)nc(-c2cccc3nn(C[C@H](O)C4CCOCC4)cc23)c1C1CC1. The topological polar surface area (TPSA) is 117 Å². The fraction of sp³-hybridized carbons (Fsp3) is 0.414. The van der Waals surface area contributed by atoms with Crippen molar-refractivity contribution < 1.29 is 32.5 Å². The minimum atomic E-state index is -4.98. The Morgan fingerprint density at radius 2 is 1.93 bits per heavy atom. The monoisotopic (exact) mass is 569 g/mol. The van der Waals surface area contributed by atoms with Crippen LogP contribution in [-0.2, 0) is 18.3 Å². The van der Waals surface area contributed by atoms with Gasteiger partial charge >= 0.3 is 6.36 Å². The molecule has 1 saturated carbocycles. The van der Waals surface area contributed by atoms with E-state index in [1.54, 1.807) is 16.3 Å². The summed E-state index contributed by atoms with van der Waals surface area (Å²) in [5, 5.41) is 16.4. The molecule has 1 atom stereocenters. The zero-order valence-corrected chi connectivity index (χ0v) is 22.4. The lowest BCUT2D eigenvalue weighted by atomic mass is 9.94. The quantitative estimate of drug-likeness (QED) is 0.316. The molecule has 1 amide bonds. The Morgan fingerprint density at radius 3 is 2.61 bits per heavy atom. The highest BCUT2D eigenvalue weighted by Gasteiger charge is 2.36. The summed E-state index contributed by atoms with van der Waals surface area (Å²) < 4.78 is 53.3. The van der Waals surface area contributed by atoms with Crippen molar-refractivity contribution in [1.29, 1.82) is 0 Å². The first-order valence-corrected chi connectivity index (χ1v) is 13.6. The molecule has 2 fully saturated rings. The molecule has 1 saturated heterocycles. The maximum Gasteiger partial charge on any atom is 0.573 e. The molecule has 2 aromatic carbocycles. The molecular formula is C29H30F3N5O4. The number of fused-ring (bicyclic) bond motifs is 1. The molecule has 6 rings (SSSR count). The molecule has 216 valence electrons. The van der Waals surface area contributed by atoms with Gasteiger partial charge in [0.25, 0.3) is 0 Å². The van der Waals surface area contributed by atoms with Gasteiger partial charge in [-0.05, 0) is 55.9 Å². The first kappa shape index (κ1) is 27.3. The molecule has 4 aromatic rings. The van der Waals surface area contributed by atoms with E-state index in [0.717, 1.165) is 53.9 Å². The van der Waals surface area contributed by atoms with Crippen LogP contribution in [0.2, 0.25) is 0 Å². The van der Waals surface area contributed by atoms with Gasteiger partial charge in [-0.1, -0.05) is 12.1 Å². The van der Waals surface area contributed by atoms with Crippen LogP contribution >= 0.6 is 0 Å². The van der Waals surface area contributed by atoms with Gasteiger partial charge in [0.2, 0.25) is 5.91 Å². The number of rotatable bonds is 8. The second-order valence-electron chi connectivity index (χ2n) is 10.7. The van der Waals surface area contributed by atoms with E-state index in [2.05, 4.69) is 4.74 Å². The summed E-state index contributed by atoms with van der Waals surface area (Å²) in [6.07, 6.45) is -0.179. The molecule has 3 heterocycles. The van der Waals surface area contributed by atoms with Crippen molar-refractivity contribution in [3.8, 4) is 28.4 Å². The smallest absolute Gasteiger partial charge is 0.405 e. The van der Waals surface area contributed by atoms with Gasteiger partial charge in [-0.3, -0.25) is 9.48 Å². The Morgan fingerprint density at radius 1 is 1.17 bits per heavy atom. The van der Waals surface area contributed by atoms with Gasteiger partial charge in [-0.2, -0.15) is 5.10 Å². The van der Waals surface area contributed by atoms with Crippen LogP contribution in [-0.4, -0.2) is 56.0 Å². The third-order valence-electron chi connectivity index (χ3n) is 7.87. The number of carbonyl (C=O) groups excluding carboxylic acids is 1. The van der Waals surface area contributed by atoms with Crippen molar-refractivity contribution in [2.75, 3.05) is 13.2 Å². The Labute approximate surface area is 233 Å². The predicted molar refractivity (Wildman–Crippen MR) is 144 cm³/mol. The lowest BCUT2D eigenvalue weighted by Crippen LogP contribution is -2.30. The van der Waals surface area contributed by atoms with Crippen molar-refractivity contribution in [3.63, 3.8) is 0 Å². The molecule has 1 aliphatic carbocycles. The molecule has 3 N–H and O–H groups in total. The number of hydrogen-bond donors (Lipinski definition) is 2. The van der Waals surface area contributed by atoms with E-state index in [1.165, 1.54) is 12.1 Å². The average Bonchev–Trinajstić information content (AvgIpc) is 3.59. The van der Waals surface area contributed by atoms with Crippen LogP contribution in [0.1, 0.15) is 47.7 Å². The van der Waals surface area contributed by atoms with Gasteiger partial charge in [-0.25, -0.2) is 4.98 Å². The van der Waals surface area contributed by atoms with E-state index in [1.807, 2.05) is 24.4 Å². The summed E-state index contributed by atoms with van der Waals surface area (Å²) in [7, 11) is 1.77. The van der Waals surface area contributed by atoms with Crippen LogP contribution in [0.5, 0.6) is 5.75 Å². The largest absolute Gasteiger partial charge is 0.573 e. The van der Waals surface area contributed by atoms with Gasteiger partial charge in [0.1, 0.15) is 11.6 Å². The van der Waals surface area contributed by atoms with Crippen molar-refractivity contribution in [1.82, 2.24) is 19.3 Å². The third kappa shape index (κ3) is 5.53. The minimum absolute atomic E-state index is 0.0884. The van der Waals surface area contributed by atoms with Gasteiger partial charge < -0.3 is 24.9 Å². The Balaban J connectivity index is 1.43. The normalized spacial score (nSPS) is 17.2. The number of hydrogen-bond acceptors (Lipinski definition) is 6. The summed E-state index contributed by atoms with van der Waals surface area (Å²) in [6, 6.07) is 9.40. The maximum atomic E-state index is 13.3. The molecular weight excluding hydrogens is 539 g/mol. The molecule has 1 aliphatic heterocycles. The molecule has 2 aromatic heterocycles. The number of aliphatic hydroxyl groups is 1. The van der Waals surface area contributed by atoms with Crippen molar-refractivity contribution in [2.24, 2.45) is 18.7 Å². The zero-order valence-electron chi connectivity index (χ0n) is 22.4. The van der Waals surface area contributed by atoms with E-state index < -0.39 is 24.1 Å². The van der Waals surface area contributed by atoms with Crippen molar-refractivity contribution in [2.45, 2.75) is 50.6 Å². The van der Waals surface area contributed by atoms with Crippen LogP contribution in [0.4, 0.5) is 13.2 Å². The third-order valence-corrected chi connectivity index (χ3v) is 7.87. The van der Waals surface area contributed by atoms with E-state index >= 15 is 0 Å². The molecule has 2 aliphatic rings. The van der Waals surface area contributed by atoms with Gasteiger partial charge in [-0.15, -0.1) is 13.2 Å². The average molecular weight is 570 g/mol. The highest BCUT2D eigenvalue weighted by Crippen LogP contribution is 2.47. The van der Waals surface area contributed by atoms with Crippen molar-refractivity contribution >= 4 is 16.8 Å². The standard InChI is InChI=1S/C29H30F3N5O4/c1-36-26(17-5-6-17)25(34-28(36)20-8-7-18(27(33)39)13-24(20)41-29(30,31)32)19-3-2-4-22-21(19)14-37(35-22)15-23(38)16-9-11-40-12-10-16/h2-4,7-8,13-14,16-17,23,38H,5-6,9-12,15H2,1H3,(H2,33,39)/t23-/m0/s1. The van der Waals surface area contributed by atoms with Gasteiger partial charge in [0.05, 0.1) is 29.4 Å². The number of alkyl halides is 3. The maximum absolute atomic E-state index is 13.3. The minimum Gasteiger partial charge on any atom is -0.405 e. The van der Waals surface area contributed by atoms with E-state index in [4.69, 9.17) is 20.6 Å². The molecule has 0 bridgehead atoms. The first-order valence-electron chi connectivity index (χ1n) is 13.6. The zero-order chi connectivity index (χ0) is 28.9. The number of nitrogens with zero attached hydrogens (tertiary/aromatic N) is 4. The first-order chi connectivity index (χ1) is 19.6. The Hall–Kier alpha value is -3.90. The highest BCUT2D eigenvalue weighted by molar-refractivity contribution is 5.96. The van der Waals surface area contributed by atoms with E-state index in [-0.39, 0.29) is 28.8 Å². The lowest BCUT2D eigenvalue weighted by molar-refractivity contribution is -0.274. The number of halogens is 3. The second kappa shape index (κ2) is 10.5. The van der Waals surface area contributed by atoms with Gasteiger partial charge in [0, 0.05) is 54.6 Å². The molecule has 0 radical (unpaired) electrons. The number of benzene rings is 2. The molecule has 0 spiro atoms. The summed E-state index contributed by atoms with van der Waals surface area (Å²) in [4.78, 5) is 16.6. The van der Waals surface area contributed by atoms with E-state index in [0.29, 0.717) is 25.5 Å². The number of carbonyl (C=O) groups is 1. The summed E-state index contributed by atoms with van der Waals surface area (Å²) in [5.74, 6) is -0.799. The number of aliphatic hydroxyl groups excluding tert-OH is 1. The predicted octanol–water partition coefficient (Wildman–Crippen LogP) is 4.77. The molecule has 0 unspecified atom stereocenters. The van der Waals surface area contributed by atoms with Gasteiger partial charge in [0.15, 0.2) is 0 Å². The number of aromatic nitrogens is 4. The fourth-order valence-electron chi connectivity index (χ4n) is 5.68. The van der Waals surface area contributed by atoms with Crippen LogP contribution < -0.4 is 10.5 Å². The van der Waals surface area contributed by atoms with Crippen LogP contribution in [0.3, 0.4) is 0 Å². The second-order valence-corrected chi connectivity index (χ2v) is 10.7. The Kier molecular flexibility index (Phi) is 6.98. The lowest BCUT2D eigenvalue weighted by Gasteiger charge is -2.26. The molecule has 9 nitrogen and oxygen atoms in total. The molecule has 41 heavy (non-hydrogen) atoms. The number of nitrogens with two attached hydrogens (primary N) is 1. The highest BCUT2D eigenvalue weighted by atomic mass is 19.4. The Bertz CT molecular complexity index is 1600. The van der Waals surface area contributed by atoms with Crippen molar-refractivity contribution in [3.05, 3.63) is 53.9 Å². The summed E-state index contributed by atoms with van der Waals surface area (Å²) in [5.41, 5.74) is 8.37. The molecule has 12 heteroatoms. The fourth-order valence-corrected chi connectivity index (χ4v) is 5.68. The number of amides is 1. The summed E-state index contributed by atoms with van der Waals surface area (Å²) in [6.45, 7) is 1.62. The summed E-state index contributed by atoms with van der Waals surface area (Å²) >= 11 is 0.